The fourth-order valence-electron chi connectivity index (χ4n) is 2.07. The first kappa shape index (κ1) is 9.59. The first-order valence-electron chi connectivity index (χ1n) is 4.80. The molecule has 0 unspecified atom stereocenters. The molecule has 1 aliphatic rings. The van der Waals surface area contributed by atoms with E-state index >= 15 is 0 Å². The summed E-state index contributed by atoms with van der Waals surface area (Å²) in [5.74, 6) is -0.811. The first-order chi connectivity index (χ1) is 6.66. The molecule has 1 aliphatic carbocycles. The molecule has 14 heavy (non-hydrogen) atoms. The molecule has 1 aromatic carbocycles. The first-order valence-corrected chi connectivity index (χ1v) is 4.80. The molecule has 1 fully saturated rings. The zero-order valence-corrected chi connectivity index (χ0v) is 7.71. The molecule has 0 aliphatic heterocycles. The predicted octanol–water partition coefficient (Wildman–Crippen LogP) is 2.59. The van der Waals surface area contributed by atoms with E-state index in [9.17, 15) is 13.9 Å². The molecule has 0 radical (unpaired) electrons. The summed E-state index contributed by atoms with van der Waals surface area (Å²) in [6, 6.07) is 3.50. The highest BCUT2D eigenvalue weighted by molar-refractivity contribution is 5.23. The Labute approximate surface area is 81.4 Å². The van der Waals surface area contributed by atoms with E-state index in [2.05, 4.69) is 0 Å². The lowest BCUT2D eigenvalue weighted by Crippen LogP contribution is -2.01. The monoisotopic (exact) mass is 198 g/mol. The standard InChI is InChI=1S/C11H12F2O/c12-8-2-4-11(13)10(6-8)7-1-3-9(14)5-7/h2,4,6-7,9,14H,1,3,5H2/t7-,9-/m1/s1. The number of benzene rings is 1. The predicted molar refractivity (Wildman–Crippen MR) is 49.0 cm³/mol. The van der Waals surface area contributed by atoms with Crippen molar-refractivity contribution < 1.29 is 13.9 Å². The van der Waals surface area contributed by atoms with Crippen LogP contribution in [0.2, 0.25) is 0 Å². The molecule has 0 aromatic heterocycles. The minimum atomic E-state index is -0.414. The molecule has 2 rings (SSSR count). The summed E-state index contributed by atoms with van der Waals surface area (Å²) in [4.78, 5) is 0. The number of aliphatic hydroxyl groups is 1. The lowest BCUT2D eigenvalue weighted by molar-refractivity contribution is 0.181. The smallest absolute Gasteiger partial charge is 0.126 e. The molecular weight excluding hydrogens is 186 g/mol. The molecule has 3 heteroatoms. The van der Waals surface area contributed by atoms with Crippen molar-refractivity contribution in [2.45, 2.75) is 31.3 Å². The molecular formula is C11H12F2O. The van der Waals surface area contributed by atoms with E-state index < -0.39 is 5.82 Å². The van der Waals surface area contributed by atoms with Crippen LogP contribution >= 0.6 is 0 Å². The van der Waals surface area contributed by atoms with Gasteiger partial charge >= 0.3 is 0 Å². The van der Waals surface area contributed by atoms with E-state index in [-0.39, 0.29) is 17.8 Å². The fourth-order valence-corrected chi connectivity index (χ4v) is 2.07. The lowest BCUT2D eigenvalue weighted by Gasteiger charge is -2.10. The summed E-state index contributed by atoms with van der Waals surface area (Å²) < 4.78 is 26.2. The van der Waals surface area contributed by atoms with Gasteiger partial charge in [0.05, 0.1) is 6.10 Å². The Hall–Kier alpha value is -0.960. The minimum Gasteiger partial charge on any atom is -0.393 e. The van der Waals surface area contributed by atoms with E-state index in [1.165, 1.54) is 6.07 Å². The molecule has 1 saturated carbocycles. The molecule has 0 spiro atoms. The average Bonchev–Trinajstić information content (AvgIpc) is 2.56. The van der Waals surface area contributed by atoms with Crippen LogP contribution in [-0.4, -0.2) is 11.2 Å². The van der Waals surface area contributed by atoms with Gasteiger partial charge in [-0.3, -0.25) is 0 Å². The summed E-state index contributed by atoms with van der Waals surface area (Å²) in [5.41, 5.74) is 0.404. The second-order valence-corrected chi connectivity index (χ2v) is 3.83. The topological polar surface area (TPSA) is 20.2 Å². The van der Waals surface area contributed by atoms with Gasteiger partial charge in [-0.1, -0.05) is 0 Å². The van der Waals surface area contributed by atoms with Gasteiger partial charge < -0.3 is 5.11 Å². The molecule has 0 heterocycles. The van der Waals surface area contributed by atoms with E-state index in [1.807, 2.05) is 0 Å². The van der Waals surface area contributed by atoms with E-state index in [0.717, 1.165) is 18.6 Å². The van der Waals surface area contributed by atoms with Crippen LogP contribution in [0.5, 0.6) is 0 Å². The van der Waals surface area contributed by atoms with E-state index in [1.54, 1.807) is 0 Å². The number of hydrogen-bond acceptors (Lipinski definition) is 1. The van der Waals surface area contributed by atoms with Gasteiger partial charge in [0.1, 0.15) is 11.6 Å². The Morgan fingerprint density at radius 3 is 2.64 bits per heavy atom. The molecule has 1 aromatic rings. The highest BCUT2D eigenvalue weighted by atomic mass is 19.1. The van der Waals surface area contributed by atoms with Crippen molar-refractivity contribution in [2.24, 2.45) is 0 Å². The van der Waals surface area contributed by atoms with Crippen molar-refractivity contribution in [3.63, 3.8) is 0 Å². The summed E-state index contributed by atoms with van der Waals surface area (Å²) in [7, 11) is 0. The summed E-state index contributed by atoms with van der Waals surface area (Å²) in [6.45, 7) is 0. The van der Waals surface area contributed by atoms with Crippen molar-refractivity contribution in [2.75, 3.05) is 0 Å². The van der Waals surface area contributed by atoms with Crippen LogP contribution in [0, 0.1) is 11.6 Å². The average molecular weight is 198 g/mol. The fraction of sp³-hybridized carbons (Fsp3) is 0.455. The van der Waals surface area contributed by atoms with Crippen LogP contribution in [0.15, 0.2) is 18.2 Å². The number of hydrogen-bond donors (Lipinski definition) is 1. The van der Waals surface area contributed by atoms with Crippen LogP contribution in [0.4, 0.5) is 8.78 Å². The van der Waals surface area contributed by atoms with Crippen LogP contribution in [0.1, 0.15) is 30.7 Å². The van der Waals surface area contributed by atoms with E-state index in [0.29, 0.717) is 18.4 Å². The third-order valence-electron chi connectivity index (χ3n) is 2.80. The Kier molecular flexibility index (Phi) is 2.50. The van der Waals surface area contributed by atoms with Crippen molar-refractivity contribution in [1.29, 1.82) is 0 Å². The Morgan fingerprint density at radius 2 is 2.00 bits per heavy atom. The molecule has 2 atom stereocenters. The lowest BCUT2D eigenvalue weighted by atomic mass is 9.97. The largest absolute Gasteiger partial charge is 0.393 e. The summed E-state index contributed by atoms with van der Waals surface area (Å²) >= 11 is 0. The van der Waals surface area contributed by atoms with Crippen LogP contribution in [0.25, 0.3) is 0 Å². The second kappa shape index (κ2) is 3.65. The normalized spacial score (nSPS) is 26.8. The minimum absolute atomic E-state index is 0.0271. The maximum Gasteiger partial charge on any atom is 0.126 e. The highest BCUT2D eigenvalue weighted by Gasteiger charge is 2.26. The summed E-state index contributed by atoms with van der Waals surface area (Å²) in [6.07, 6.45) is 1.60. The van der Waals surface area contributed by atoms with Gasteiger partial charge in [-0.05, 0) is 48.9 Å². The van der Waals surface area contributed by atoms with Crippen LogP contribution in [0.3, 0.4) is 0 Å². The van der Waals surface area contributed by atoms with Gasteiger partial charge in [0, 0.05) is 0 Å². The van der Waals surface area contributed by atoms with Crippen molar-refractivity contribution in [3.05, 3.63) is 35.4 Å². The SMILES string of the molecule is O[C@@H]1CC[C@@H](c2cc(F)ccc2F)C1. The van der Waals surface area contributed by atoms with Gasteiger partial charge in [-0.15, -0.1) is 0 Å². The zero-order chi connectivity index (χ0) is 10.1. The molecule has 76 valence electrons. The molecule has 1 N–H and O–H groups in total. The van der Waals surface area contributed by atoms with Gasteiger partial charge in [0.2, 0.25) is 0 Å². The van der Waals surface area contributed by atoms with Gasteiger partial charge in [0.25, 0.3) is 0 Å². The molecule has 0 bridgehead atoms. The second-order valence-electron chi connectivity index (χ2n) is 3.83. The molecule has 0 amide bonds. The summed E-state index contributed by atoms with van der Waals surface area (Å²) in [5, 5.41) is 9.30. The Bertz CT molecular complexity index is 338. The Morgan fingerprint density at radius 1 is 1.21 bits per heavy atom. The number of rotatable bonds is 1. The van der Waals surface area contributed by atoms with Crippen LogP contribution < -0.4 is 0 Å². The highest BCUT2D eigenvalue weighted by Crippen LogP contribution is 2.35. The van der Waals surface area contributed by atoms with Gasteiger partial charge in [0.15, 0.2) is 0 Å². The van der Waals surface area contributed by atoms with Gasteiger partial charge in [-0.25, -0.2) is 8.78 Å². The number of halogens is 2. The molecule has 0 saturated heterocycles. The van der Waals surface area contributed by atoms with Crippen molar-refractivity contribution in [3.8, 4) is 0 Å². The number of aliphatic hydroxyl groups excluding tert-OH is 1. The maximum absolute atomic E-state index is 13.3. The van der Waals surface area contributed by atoms with Crippen LogP contribution in [-0.2, 0) is 0 Å². The van der Waals surface area contributed by atoms with E-state index in [4.69, 9.17) is 0 Å². The quantitative estimate of drug-likeness (QED) is 0.735. The zero-order valence-electron chi connectivity index (χ0n) is 7.71. The maximum atomic E-state index is 13.3. The molecule has 1 nitrogen and oxygen atoms in total. The third-order valence-corrected chi connectivity index (χ3v) is 2.80. The van der Waals surface area contributed by atoms with Gasteiger partial charge in [-0.2, -0.15) is 0 Å². The third kappa shape index (κ3) is 1.77. The van der Waals surface area contributed by atoms with Crippen molar-refractivity contribution >= 4 is 0 Å². The Balaban J connectivity index is 2.27. The van der Waals surface area contributed by atoms with Crippen molar-refractivity contribution in [1.82, 2.24) is 0 Å².